The minimum atomic E-state index is 0.464. The Labute approximate surface area is 113 Å². The average molecular weight is 262 g/mol. The second-order valence-electron chi connectivity index (χ2n) is 5.51. The van der Waals surface area contributed by atoms with Gasteiger partial charge in [0.25, 0.3) is 0 Å². The van der Waals surface area contributed by atoms with Crippen molar-refractivity contribution in [1.82, 2.24) is 14.9 Å². The lowest BCUT2D eigenvalue weighted by atomic mass is 9.99. The molecular formula is C13H22N6. The lowest BCUT2D eigenvalue weighted by molar-refractivity contribution is 0.192. The lowest BCUT2D eigenvalue weighted by Crippen LogP contribution is -2.42. The molecule has 2 aliphatic heterocycles. The standard InChI is InChI=1S/C13H22N6/c1-9-8-15-13(18-14)17-12(9)16-10-5-7-19-6-3-2-4-11(10)19/h8,10-11H,2-7,14H2,1H3,(H2,15,16,17,18). The van der Waals surface area contributed by atoms with Crippen molar-refractivity contribution in [2.24, 2.45) is 5.84 Å². The zero-order chi connectivity index (χ0) is 13.2. The molecule has 0 bridgehead atoms. The second kappa shape index (κ2) is 5.30. The summed E-state index contributed by atoms with van der Waals surface area (Å²) in [6, 6.07) is 1.16. The van der Waals surface area contributed by atoms with Crippen molar-refractivity contribution in [3.05, 3.63) is 11.8 Å². The van der Waals surface area contributed by atoms with E-state index in [0.29, 0.717) is 18.0 Å². The number of nitrogens with two attached hydrogens (primary N) is 1. The van der Waals surface area contributed by atoms with Crippen molar-refractivity contribution in [1.29, 1.82) is 0 Å². The molecule has 3 rings (SSSR count). The van der Waals surface area contributed by atoms with Gasteiger partial charge in [-0.1, -0.05) is 6.42 Å². The summed E-state index contributed by atoms with van der Waals surface area (Å²) >= 11 is 0. The highest BCUT2D eigenvalue weighted by atomic mass is 15.3. The van der Waals surface area contributed by atoms with Gasteiger partial charge in [-0.25, -0.2) is 10.8 Å². The number of hydrogen-bond acceptors (Lipinski definition) is 6. The van der Waals surface area contributed by atoms with E-state index in [-0.39, 0.29) is 0 Å². The summed E-state index contributed by atoms with van der Waals surface area (Å²) in [4.78, 5) is 11.1. The molecule has 1 aromatic heterocycles. The minimum Gasteiger partial charge on any atom is -0.365 e. The predicted octanol–water partition coefficient (Wildman–Crippen LogP) is 1.11. The van der Waals surface area contributed by atoms with Crippen LogP contribution in [0.3, 0.4) is 0 Å². The Kier molecular flexibility index (Phi) is 3.52. The van der Waals surface area contributed by atoms with E-state index >= 15 is 0 Å². The molecule has 2 unspecified atom stereocenters. The predicted molar refractivity (Wildman–Crippen MR) is 75.8 cm³/mol. The highest BCUT2D eigenvalue weighted by Gasteiger charge is 2.35. The highest BCUT2D eigenvalue weighted by Crippen LogP contribution is 2.29. The van der Waals surface area contributed by atoms with Crippen LogP contribution in [0, 0.1) is 6.92 Å². The Balaban J connectivity index is 1.74. The molecule has 6 nitrogen and oxygen atoms in total. The molecule has 0 saturated carbocycles. The molecule has 6 heteroatoms. The molecule has 3 heterocycles. The van der Waals surface area contributed by atoms with E-state index in [9.17, 15) is 0 Å². The van der Waals surface area contributed by atoms with Crippen molar-refractivity contribution in [2.45, 2.75) is 44.7 Å². The van der Waals surface area contributed by atoms with E-state index in [0.717, 1.165) is 11.4 Å². The Morgan fingerprint density at radius 2 is 2.21 bits per heavy atom. The third-order valence-electron chi connectivity index (χ3n) is 4.28. The maximum absolute atomic E-state index is 5.37. The van der Waals surface area contributed by atoms with Crippen LogP contribution in [0.15, 0.2) is 6.20 Å². The molecule has 1 aromatic rings. The summed E-state index contributed by atoms with van der Waals surface area (Å²) in [5.74, 6) is 6.74. The molecule has 2 saturated heterocycles. The molecule has 0 radical (unpaired) electrons. The maximum atomic E-state index is 5.37. The topological polar surface area (TPSA) is 79.1 Å². The normalized spacial score (nSPS) is 27.1. The Hall–Kier alpha value is -1.40. The van der Waals surface area contributed by atoms with Gasteiger partial charge in [0, 0.05) is 30.4 Å². The number of rotatable bonds is 3. The van der Waals surface area contributed by atoms with Gasteiger partial charge in [0.05, 0.1) is 0 Å². The summed E-state index contributed by atoms with van der Waals surface area (Å²) in [5, 5.41) is 3.59. The van der Waals surface area contributed by atoms with Crippen LogP contribution in [-0.2, 0) is 0 Å². The van der Waals surface area contributed by atoms with E-state index in [1.807, 2.05) is 6.92 Å². The van der Waals surface area contributed by atoms with Crippen LogP contribution in [0.5, 0.6) is 0 Å². The zero-order valence-electron chi connectivity index (χ0n) is 11.4. The van der Waals surface area contributed by atoms with E-state index in [4.69, 9.17) is 5.84 Å². The fourth-order valence-corrected chi connectivity index (χ4v) is 3.25. The van der Waals surface area contributed by atoms with Gasteiger partial charge in [-0.2, -0.15) is 4.98 Å². The van der Waals surface area contributed by atoms with E-state index in [1.54, 1.807) is 6.20 Å². The first kappa shape index (κ1) is 12.6. The van der Waals surface area contributed by atoms with Crippen molar-refractivity contribution >= 4 is 11.8 Å². The van der Waals surface area contributed by atoms with Crippen LogP contribution < -0.4 is 16.6 Å². The number of aryl methyl sites for hydroxylation is 1. The van der Waals surface area contributed by atoms with Gasteiger partial charge in [-0.05, 0) is 32.7 Å². The molecule has 0 spiro atoms. The molecule has 0 amide bonds. The van der Waals surface area contributed by atoms with Crippen LogP contribution in [0.2, 0.25) is 0 Å². The number of fused-ring (bicyclic) bond motifs is 1. The average Bonchev–Trinajstić information content (AvgIpc) is 2.85. The minimum absolute atomic E-state index is 0.464. The molecule has 2 atom stereocenters. The molecule has 0 aliphatic carbocycles. The summed E-state index contributed by atoms with van der Waals surface area (Å²) in [6.07, 6.45) is 6.98. The van der Waals surface area contributed by atoms with Gasteiger partial charge in [-0.15, -0.1) is 0 Å². The van der Waals surface area contributed by atoms with Gasteiger partial charge in [0.15, 0.2) is 0 Å². The second-order valence-corrected chi connectivity index (χ2v) is 5.51. The molecule has 2 aliphatic rings. The molecule has 4 N–H and O–H groups in total. The quantitative estimate of drug-likeness (QED) is 0.559. The summed E-state index contributed by atoms with van der Waals surface area (Å²) in [5.41, 5.74) is 3.57. The maximum Gasteiger partial charge on any atom is 0.239 e. The van der Waals surface area contributed by atoms with Crippen LogP contribution in [-0.4, -0.2) is 40.0 Å². The molecule has 0 aromatic carbocycles. The number of hydrogen-bond donors (Lipinski definition) is 3. The monoisotopic (exact) mass is 262 g/mol. The third kappa shape index (κ3) is 2.50. The third-order valence-corrected chi connectivity index (χ3v) is 4.28. The van der Waals surface area contributed by atoms with Gasteiger partial charge in [-0.3, -0.25) is 10.3 Å². The van der Waals surface area contributed by atoms with Crippen molar-refractivity contribution in [2.75, 3.05) is 23.8 Å². The number of aromatic nitrogens is 2. The first-order valence-corrected chi connectivity index (χ1v) is 7.09. The van der Waals surface area contributed by atoms with E-state index < -0.39 is 0 Å². The summed E-state index contributed by atoms with van der Waals surface area (Å²) < 4.78 is 0. The molecular weight excluding hydrogens is 240 g/mol. The van der Waals surface area contributed by atoms with Gasteiger partial charge >= 0.3 is 0 Å². The number of nitrogens with one attached hydrogen (secondary N) is 2. The van der Waals surface area contributed by atoms with Crippen LogP contribution in [0.25, 0.3) is 0 Å². The Morgan fingerprint density at radius 1 is 1.32 bits per heavy atom. The van der Waals surface area contributed by atoms with Crippen LogP contribution >= 0.6 is 0 Å². The van der Waals surface area contributed by atoms with E-state index in [1.165, 1.54) is 38.8 Å². The van der Waals surface area contributed by atoms with E-state index in [2.05, 4.69) is 25.6 Å². The zero-order valence-corrected chi connectivity index (χ0v) is 11.4. The lowest BCUT2D eigenvalue weighted by Gasteiger charge is -2.32. The summed E-state index contributed by atoms with van der Waals surface area (Å²) in [6.45, 7) is 4.48. The highest BCUT2D eigenvalue weighted by molar-refractivity contribution is 5.47. The fourth-order valence-electron chi connectivity index (χ4n) is 3.25. The smallest absolute Gasteiger partial charge is 0.239 e. The summed E-state index contributed by atoms with van der Waals surface area (Å²) in [7, 11) is 0. The van der Waals surface area contributed by atoms with Gasteiger partial charge in [0.2, 0.25) is 5.95 Å². The Morgan fingerprint density at radius 3 is 3.05 bits per heavy atom. The number of anilines is 2. The van der Waals surface area contributed by atoms with Crippen LogP contribution in [0.4, 0.5) is 11.8 Å². The van der Waals surface area contributed by atoms with Gasteiger partial charge in [0.1, 0.15) is 5.82 Å². The van der Waals surface area contributed by atoms with Crippen molar-refractivity contribution < 1.29 is 0 Å². The first-order chi connectivity index (χ1) is 9.28. The Bertz CT molecular complexity index is 449. The SMILES string of the molecule is Cc1cnc(NN)nc1NC1CCN2CCCCC12. The first-order valence-electron chi connectivity index (χ1n) is 7.09. The molecule has 104 valence electrons. The molecule has 19 heavy (non-hydrogen) atoms. The number of hydrazine groups is 1. The van der Waals surface area contributed by atoms with Gasteiger partial charge < -0.3 is 5.32 Å². The number of piperidine rings is 1. The molecule has 2 fully saturated rings. The number of nitrogen functional groups attached to an aromatic ring is 1. The number of nitrogens with zero attached hydrogens (tertiary/aromatic N) is 3. The fraction of sp³-hybridized carbons (Fsp3) is 0.692. The largest absolute Gasteiger partial charge is 0.365 e. The van der Waals surface area contributed by atoms with Crippen LogP contribution in [0.1, 0.15) is 31.2 Å². The van der Waals surface area contributed by atoms with Crippen molar-refractivity contribution in [3.63, 3.8) is 0 Å². The van der Waals surface area contributed by atoms with Crippen molar-refractivity contribution in [3.8, 4) is 0 Å².